The summed E-state index contributed by atoms with van der Waals surface area (Å²) in [5.41, 5.74) is 1.27. The van der Waals surface area contributed by atoms with Crippen molar-refractivity contribution in [2.24, 2.45) is 0 Å². The van der Waals surface area contributed by atoms with Gasteiger partial charge in [0.05, 0.1) is 0 Å². The fraction of sp³-hybridized carbons (Fsp3) is 0.444. The maximum atomic E-state index is 12.2. The summed E-state index contributed by atoms with van der Waals surface area (Å²) < 4.78 is 5.11. The number of ether oxygens (including phenoxy) is 1. The summed E-state index contributed by atoms with van der Waals surface area (Å²) in [5.74, 6) is -1.34. The molecule has 0 radical (unpaired) electrons. The predicted molar refractivity (Wildman–Crippen MR) is 99.3 cm³/mol. The molecule has 0 aromatic heterocycles. The van der Waals surface area contributed by atoms with Gasteiger partial charge in [0.2, 0.25) is 5.91 Å². The first-order chi connectivity index (χ1) is 12.7. The topological polar surface area (TPSA) is 96.0 Å². The van der Waals surface area contributed by atoms with Crippen molar-refractivity contribution in [2.45, 2.75) is 32.8 Å². The molecule has 0 saturated carbocycles. The van der Waals surface area contributed by atoms with Crippen LogP contribution >= 0.6 is 11.6 Å². The fourth-order valence-corrected chi connectivity index (χ4v) is 2.73. The highest BCUT2D eigenvalue weighted by Crippen LogP contribution is 2.23. The Balaban J connectivity index is 1.78. The lowest BCUT2D eigenvalue weighted by Gasteiger charge is -2.16. The van der Waals surface area contributed by atoms with E-state index in [2.05, 4.69) is 5.32 Å². The molecule has 2 rings (SSSR count). The minimum atomic E-state index is -0.989. The number of anilines is 1. The van der Waals surface area contributed by atoms with Gasteiger partial charge in [-0.05, 0) is 38.0 Å². The second kappa shape index (κ2) is 8.85. The number of hydrogen-bond donors (Lipinski definition) is 1. The van der Waals surface area contributed by atoms with Gasteiger partial charge in [-0.15, -0.1) is 0 Å². The van der Waals surface area contributed by atoms with Crippen LogP contribution in [0, 0.1) is 6.92 Å². The highest BCUT2D eigenvalue weighted by atomic mass is 35.5. The molecule has 0 bridgehead atoms. The van der Waals surface area contributed by atoms with E-state index in [-0.39, 0.29) is 37.9 Å². The molecule has 4 amide bonds. The lowest BCUT2D eigenvalue weighted by molar-refractivity contribution is -0.153. The van der Waals surface area contributed by atoms with Crippen LogP contribution in [0.2, 0.25) is 5.02 Å². The average molecular weight is 396 g/mol. The number of halogens is 1. The monoisotopic (exact) mass is 395 g/mol. The Morgan fingerprint density at radius 2 is 2.04 bits per heavy atom. The van der Waals surface area contributed by atoms with Gasteiger partial charge in [-0.1, -0.05) is 17.7 Å². The quantitative estimate of drug-likeness (QED) is 0.564. The van der Waals surface area contributed by atoms with Crippen LogP contribution in [0.1, 0.15) is 25.3 Å². The fourth-order valence-electron chi connectivity index (χ4n) is 2.56. The molecule has 1 atom stereocenters. The number of hydrogen-bond acceptors (Lipinski definition) is 5. The summed E-state index contributed by atoms with van der Waals surface area (Å²) in [6, 6.07) is 4.75. The zero-order valence-electron chi connectivity index (χ0n) is 15.5. The smallest absolute Gasteiger partial charge is 0.326 e. The second-order valence-corrected chi connectivity index (χ2v) is 6.73. The standard InChI is InChI=1S/C18H22ClN3O5/c1-11-13(19)6-4-7-14(11)20-17(25)12(2)27-16(24)8-5-9-22-15(23)10-21(3)18(22)26/h4,6-7,12H,5,8-10H2,1-3H3,(H,20,25)/t12-/m1/s1. The van der Waals surface area contributed by atoms with Gasteiger partial charge in [-0.25, -0.2) is 4.79 Å². The van der Waals surface area contributed by atoms with Crippen LogP contribution in [0.5, 0.6) is 0 Å². The first-order valence-corrected chi connectivity index (χ1v) is 8.89. The van der Waals surface area contributed by atoms with E-state index < -0.39 is 18.0 Å². The van der Waals surface area contributed by atoms with E-state index in [0.29, 0.717) is 10.7 Å². The minimum absolute atomic E-state index is 0.00537. The van der Waals surface area contributed by atoms with Gasteiger partial charge in [0.25, 0.3) is 5.91 Å². The zero-order chi connectivity index (χ0) is 20.1. The van der Waals surface area contributed by atoms with Crippen LogP contribution in [-0.2, 0) is 19.1 Å². The molecule has 1 aromatic rings. The van der Waals surface area contributed by atoms with Crippen LogP contribution in [-0.4, -0.2) is 59.9 Å². The van der Waals surface area contributed by atoms with Crippen LogP contribution < -0.4 is 5.32 Å². The van der Waals surface area contributed by atoms with Gasteiger partial charge in [0, 0.05) is 30.7 Å². The molecule has 1 saturated heterocycles. The first kappa shape index (κ1) is 20.7. The van der Waals surface area contributed by atoms with Crippen molar-refractivity contribution >= 4 is 41.1 Å². The van der Waals surface area contributed by atoms with Gasteiger partial charge in [0.1, 0.15) is 6.54 Å². The number of carbonyl (C=O) groups excluding carboxylic acids is 4. The Morgan fingerprint density at radius 3 is 2.67 bits per heavy atom. The molecule has 1 aliphatic heterocycles. The highest BCUT2D eigenvalue weighted by molar-refractivity contribution is 6.31. The van der Waals surface area contributed by atoms with Gasteiger partial charge in [0.15, 0.2) is 6.10 Å². The van der Waals surface area contributed by atoms with Crippen molar-refractivity contribution in [3.8, 4) is 0 Å². The molecule has 8 nitrogen and oxygen atoms in total. The van der Waals surface area contributed by atoms with Crippen molar-refractivity contribution < 1.29 is 23.9 Å². The van der Waals surface area contributed by atoms with E-state index in [4.69, 9.17) is 16.3 Å². The van der Waals surface area contributed by atoms with E-state index in [1.54, 1.807) is 25.1 Å². The highest BCUT2D eigenvalue weighted by Gasteiger charge is 2.33. The van der Waals surface area contributed by atoms with Gasteiger partial charge in [-0.3, -0.25) is 19.3 Å². The van der Waals surface area contributed by atoms with Crippen molar-refractivity contribution in [3.05, 3.63) is 28.8 Å². The first-order valence-electron chi connectivity index (χ1n) is 8.51. The third kappa shape index (κ3) is 5.19. The average Bonchev–Trinajstić information content (AvgIpc) is 2.84. The number of rotatable bonds is 7. The number of urea groups is 1. The molecular weight excluding hydrogens is 374 g/mol. The van der Waals surface area contributed by atoms with Gasteiger partial charge < -0.3 is 15.0 Å². The van der Waals surface area contributed by atoms with Crippen molar-refractivity contribution in [2.75, 3.05) is 25.5 Å². The lowest BCUT2D eigenvalue weighted by atomic mass is 10.2. The molecule has 27 heavy (non-hydrogen) atoms. The number of nitrogens with one attached hydrogen (secondary N) is 1. The normalized spacial score (nSPS) is 15.1. The number of carbonyl (C=O) groups is 4. The Kier molecular flexibility index (Phi) is 6.79. The molecule has 9 heteroatoms. The molecule has 1 N–H and O–H groups in total. The van der Waals surface area contributed by atoms with Crippen LogP contribution in [0.25, 0.3) is 0 Å². The number of benzene rings is 1. The molecule has 1 heterocycles. The Morgan fingerprint density at radius 1 is 1.33 bits per heavy atom. The van der Waals surface area contributed by atoms with E-state index in [1.807, 2.05) is 0 Å². The second-order valence-electron chi connectivity index (χ2n) is 6.32. The number of likely N-dealkylation sites (N-methyl/N-ethyl adjacent to an activating group) is 1. The summed E-state index contributed by atoms with van der Waals surface area (Å²) >= 11 is 6.01. The number of imide groups is 1. The number of nitrogens with zero attached hydrogens (tertiary/aromatic N) is 2. The summed E-state index contributed by atoms with van der Waals surface area (Å²) in [7, 11) is 1.54. The largest absolute Gasteiger partial charge is 0.453 e. The Bertz CT molecular complexity index is 767. The maximum absolute atomic E-state index is 12.2. The molecule has 1 aromatic carbocycles. The van der Waals surface area contributed by atoms with Gasteiger partial charge >= 0.3 is 12.0 Å². The molecule has 0 unspecified atom stereocenters. The lowest BCUT2D eigenvalue weighted by Crippen LogP contribution is -2.33. The SMILES string of the molecule is Cc1c(Cl)cccc1NC(=O)[C@@H](C)OC(=O)CCCN1C(=O)CN(C)C1=O. The minimum Gasteiger partial charge on any atom is -0.453 e. The molecule has 1 fully saturated rings. The Labute approximate surface area is 162 Å². The molecule has 0 spiro atoms. The van der Waals surface area contributed by atoms with Crippen molar-refractivity contribution in [1.29, 1.82) is 0 Å². The van der Waals surface area contributed by atoms with E-state index in [9.17, 15) is 19.2 Å². The van der Waals surface area contributed by atoms with E-state index in [0.717, 1.165) is 10.5 Å². The van der Waals surface area contributed by atoms with E-state index >= 15 is 0 Å². The Hall–Kier alpha value is -2.61. The number of esters is 1. The molecule has 1 aliphatic rings. The van der Waals surface area contributed by atoms with Crippen LogP contribution in [0.15, 0.2) is 18.2 Å². The van der Waals surface area contributed by atoms with Crippen molar-refractivity contribution in [1.82, 2.24) is 9.80 Å². The third-order valence-corrected chi connectivity index (χ3v) is 4.61. The summed E-state index contributed by atoms with van der Waals surface area (Å²) in [5, 5.41) is 3.19. The molecular formula is C18H22ClN3O5. The maximum Gasteiger partial charge on any atom is 0.326 e. The van der Waals surface area contributed by atoms with Crippen LogP contribution in [0.4, 0.5) is 10.5 Å². The molecule has 146 valence electrons. The third-order valence-electron chi connectivity index (χ3n) is 4.20. The van der Waals surface area contributed by atoms with Gasteiger partial charge in [-0.2, -0.15) is 0 Å². The predicted octanol–water partition coefficient (Wildman–Crippen LogP) is 2.19. The summed E-state index contributed by atoms with van der Waals surface area (Å²) in [6.07, 6.45) is -0.724. The van der Waals surface area contributed by atoms with E-state index in [1.165, 1.54) is 18.9 Å². The molecule has 0 aliphatic carbocycles. The van der Waals surface area contributed by atoms with Crippen molar-refractivity contribution in [3.63, 3.8) is 0 Å². The summed E-state index contributed by atoms with van der Waals surface area (Å²) in [4.78, 5) is 49.9. The zero-order valence-corrected chi connectivity index (χ0v) is 16.2. The number of amides is 4. The summed E-state index contributed by atoms with van der Waals surface area (Å²) in [6.45, 7) is 3.42. The van der Waals surface area contributed by atoms with Crippen LogP contribution in [0.3, 0.4) is 0 Å².